The fourth-order valence-corrected chi connectivity index (χ4v) is 2.56. The number of benzene rings is 2. The van der Waals surface area contributed by atoms with E-state index in [9.17, 15) is 9.59 Å². The third kappa shape index (κ3) is 3.84. The first-order chi connectivity index (χ1) is 11.6. The maximum atomic E-state index is 12.0. The summed E-state index contributed by atoms with van der Waals surface area (Å²) in [7, 11) is 1.63. The molecule has 0 aliphatic heterocycles. The number of methoxy groups -OCH3 is 1. The number of imidazole rings is 1. The van der Waals surface area contributed by atoms with Gasteiger partial charge in [-0.15, -0.1) is 0 Å². The number of ether oxygens (including phenoxy) is 1. The Morgan fingerprint density at radius 1 is 1.08 bits per heavy atom. The summed E-state index contributed by atoms with van der Waals surface area (Å²) in [5.74, 6) is 0.780. The first-order valence-electron chi connectivity index (χ1n) is 7.74. The molecule has 0 unspecified atom stereocenters. The summed E-state index contributed by atoms with van der Waals surface area (Å²) < 4.78 is 5.18. The zero-order chi connectivity index (χ0) is 16.9. The van der Waals surface area contributed by atoms with Gasteiger partial charge in [-0.2, -0.15) is 0 Å². The minimum atomic E-state index is -0.232. The van der Waals surface area contributed by atoms with Crippen molar-refractivity contribution >= 4 is 16.9 Å². The van der Waals surface area contributed by atoms with Gasteiger partial charge in [-0.05, 0) is 41.8 Å². The number of hydrogen-bond donors (Lipinski definition) is 3. The van der Waals surface area contributed by atoms with Gasteiger partial charge in [0.1, 0.15) is 5.75 Å². The van der Waals surface area contributed by atoms with Crippen LogP contribution in [0.1, 0.15) is 17.5 Å². The number of nitrogens with one attached hydrogen (secondary N) is 3. The summed E-state index contributed by atoms with van der Waals surface area (Å²) in [6, 6.07) is 13.3. The maximum absolute atomic E-state index is 12.0. The second kappa shape index (κ2) is 7.04. The van der Waals surface area contributed by atoms with E-state index in [1.165, 1.54) is 0 Å². The van der Waals surface area contributed by atoms with Crippen LogP contribution in [-0.4, -0.2) is 23.0 Å². The molecule has 24 heavy (non-hydrogen) atoms. The van der Waals surface area contributed by atoms with Crippen LogP contribution in [0.2, 0.25) is 0 Å². The van der Waals surface area contributed by atoms with Crippen LogP contribution in [0.3, 0.4) is 0 Å². The Hall–Kier alpha value is -3.02. The molecule has 3 rings (SSSR count). The van der Waals surface area contributed by atoms with E-state index < -0.39 is 0 Å². The molecule has 1 heterocycles. The zero-order valence-electron chi connectivity index (χ0n) is 13.4. The van der Waals surface area contributed by atoms with Crippen molar-refractivity contribution in [3.8, 4) is 5.75 Å². The molecule has 124 valence electrons. The van der Waals surface area contributed by atoms with E-state index in [4.69, 9.17) is 4.74 Å². The standard InChI is InChI=1S/C18H19N3O3/c1-24-14-4-2-3-12(9-14)6-8-17(22)19-11-13-5-7-15-16(10-13)21-18(23)20-15/h2-5,7,9-10H,6,8,11H2,1H3,(H,19,22)(H2,20,21,23). The van der Waals surface area contributed by atoms with E-state index in [-0.39, 0.29) is 11.6 Å². The van der Waals surface area contributed by atoms with Gasteiger partial charge in [0.15, 0.2) is 0 Å². The van der Waals surface area contributed by atoms with Gasteiger partial charge in [0.2, 0.25) is 5.91 Å². The van der Waals surface area contributed by atoms with E-state index in [0.29, 0.717) is 19.4 Å². The molecule has 3 N–H and O–H groups in total. The second-order valence-corrected chi connectivity index (χ2v) is 5.59. The van der Waals surface area contributed by atoms with Crippen molar-refractivity contribution in [3.63, 3.8) is 0 Å². The molecule has 1 aromatic heterocycles. The lowest BCUT2D eigenvalue weighted by molar-refractivity contribution is -0.121. The summed E-state index contributed by atoms with van der Waals surface area (Å²) in [6.07, 6.45) is 1.07. The summed E-state index contributed by atoms with van der Waals surface area (Å²) in [4.78, 5) is 28.6. The first-order valence-corrected chi connectivity index (χ1v) is 7.74. The van der Waals surface area contributed by atoms with Crippen molar-refractivity contribution in [2.45, 2.75) is 19.4 Å². The smallest absolute Gasteiger partial charge is 0.323 e. The van der Waals surface area contributed by atoms with Crippen LogP contribution in [0.4, 0.5) is 0 Å². The monoisotopic (exact) mass is 325 g/mol. The number of fused-ring (bicyclic) bond motifs is 1. The normalized spacial score (nSPS) is 10.7. The van der Waals surface area contributed by atoms with Crippen molar-refractivity contribution in [1.82, 2.24) is 15.3 Å². The Kier molecular flexibility index (Phi) is 4.65. The molecule has 1 amide bonds. The van der Waals surface area contributed by atoms with Crippen LogP contribution in [0.25, 0.3) is 11.0 Å². The maximum Gasteiger partial charge on any atom is 0.323 e. The van der Waals surface area contributed by atoms with Crippen LogP contribution in [-0.2, 0) is 17.8 Å². The van der Waals surface area contributed by atoms with Gasteiger partial charge in [0.25, 0.3) is 0 Å². The Bertz CT molecular complexity index is 911. The first kappa shape index (κ1) is 15.9. The summed E-state index contributed by atoms with van der Waals surface area (Å²) in [6.45, 7) is 0.431. The lowest BCUT2D eigenvalue weighted by Crippen LogP contribution is -2.22. The number of carbonyl (C=O) groups is 1. The van der Waals surface area contributed by atoms with Crippen molar-refractivity contribution < 1.29 is 9.53 Å². The average molecular weight is 325 g/mol. The number of aromatic amines is 2. The average Bonchev–Trinajstić information content (AvgIpc) is 2.97. The van der Waals surface area contributed by atoms with Crippen LogP contribution >= 0.6 is 0 Å². The van der Waals surface area contributed by atoms with Gasteiger partial charge in [-0.1, -0.05) is 18.2 Å². The quantitative estimate of drug-likeness (QED) is 0.649. The molecule has 0 fully saturated rings. The molecule has 0 aliphatic rings. The lowest BCUT2D eigenvalue weighted by atomic mass is 10.1. The molecule has 2 aromatic carbocycles. The van der Waals surface area contributed by atoms with Gasteiger partial charge >= 0.3 is 5.69 Å². The molecule has 0 atom stereocenters. The van der Waals surface area contributed by atoms with E-state index in [1.807, 2.05) is 42.5 Å². The number of rotatable bonds is 6. The molecule has 0 saturated carbocycles. The highest BCUT2D eigenvalue weighted by Crippen LogP contribution is 2.14. The molecule has 3 aromatic rings. The highest BCUT2D eigenvalue weighted by molar-refractivity contribution is 5.77. The second-order valence-electron chi connectivity index (χ2n) is 5.59. The Labute approximate surface area is 138 Å². The van der Waals surface area contributed by atoms with Gasteiger partial charge in [0, 0.05) is 13.0 Å². The largest absolute Gasteiger partial charge is 0.497 e. The van der Waals surface area contributed by atoms with Crippen LogP contribution < -0.4 is 15.7 Å². The predicted molar refractivity (Wildman–Crippen MR) is 92.1 cm³/mol. The number of H-pyrrole nitrogens is 2. The summed E-state index contributed by atoms with van der Waals surface area (Å²) in [5, 5.41) is 2.90. The molecule has 0 spiro atoms. The fraction of sp³-hybridized carbons (Fsp3) is 0.222. The Balaban J connectivity index is 1.53. The molecular formula is C18H19N3O3. The molecule has 6 nitrogen and oxygen atoms in total. The van der Waals surface area contributed by atoms with E-state index in [0.717, 1.165) is 27.9 Å². The molecule has 0 aliphatic carbocycles. The van der Waals surface area contributed by atoms with Crippen LogP contribution in [0.15, 0.2) is 47.3 Å². The van der Waals surface area contributed by atoms with Crippen molar-refractivity contribution in [1.29, 1.82) is 0 Å². The molecule has 0 radical (unpaired) electrons. The minimum absolute atomic E-state index is 0.0134. The third-order valence-corrected chi connectivity index (χ3v) is 3.84. The van der Waals surface area contributed by atoms with E-state index in [1.54, 1.807) is 7.11 Å². The van der Waals surface area contributed by atoms with Crippen LogP contribution in [0.5, 0.6) is 5.75 Å². The molecule has 0 bridgehead atoms. The SMILES string of the molecule is COc1cccc(CCC(=O)NCc2ccc3[nH]c(=O)[nH]c3c2)c1. The molecule has 6 heteroatoms. The molecular weight excluding hydrogens is 306 g/mol. The van der Waals surface area contributed by atoms with Crippen molar-refractivity contribution in [3.05, 3.63) is 64.1 Å². The van der Waals surface area contributed by atoms with E-state index in [2.05, 4.69) is 15.3 Å². The topological polar surface area (TPSA) is 87.0 Å². The van der Waals surface area contributed by atoms with Gasteiger partial charge in [-0.25, -0.2) is 4.79 Å². The van der Waals surface area contributed by atoms with Crippen LogP contribution in [0, 0.1) is 0 Å². The number of hydrogen-bond acceptors (Lipinski definition) is 3. The molecule has 0 saturated heterocycles. The lowest BCUT2D eigenvalue weighted by Gasteiger charge is -2.07. The predicted octanol–water partition coefficient (Wildman–Crippen LogP) is 2.11. The number of carbonyl (C=O) groups excluding carboxylic acids is 1. The van der Waals surface area contributed by atoms with Gasteiger partial charge < -0.3 is 20.0 Å². The van der Waals surface area contributed by atoms with Crippen molar-refractivity contribution in [2.24, 2.45) is 0 Å². The highest BCUT2D eigenvalue weighted by atomic mass is 16.5. The summed E-state index contributed by atoms with van der Waals surface area (Å²) in [5.41, 5.74) is 3.27. The van der Waals surface area contributed by atoms with E-state index >= 15 is 0 Å². The summed E-state index contributed by atoms with van der Waals surface area (Å²) >= 11 is 0. The van der Waals surface area contributed by atoms with Gasteiger partial charge in [0.05, 0.1) is 18.1 Å². The highest BCUT2D eigenvalue weighted by Gasteiger charge is 2.05. The third-order valence-electron chi connectivity index (χ3n) is 3.84. The number of amides is 1. The Morgan fingerprint density at radius 3 is 2.75 bits per heavy atom. The Morgan fingerprint density at radius 2 is 1.92 bits per heavy atom. The van der Waals surface area contributed by atoms with Crippen molar-refractivity contribution in [2.75, 3.05) is 7.11 Å². The number of aromatic nitrogens is 2. The fourth-order valence-electron chi connectivity index (χ4n) is 2.56. The zero-order valence-corrected chi connectivity index (χ0v) is 13.4. The number of aryl methyl sites for hydroxylation is 1. The minimum Gasteiger partial charge on any atom is -0.497 e. The van der Waals surface area contributed by atoms with Gasteiger partial charge in [-0.3, -0.25) is 4.79 Å².